The Kier molecular flexibility index (Phi) is 5.18. The quantitative estimate of drug-likeness (QED) is 0.840. The summed E-state index contributed by atoms with van der Waals surface area (Å²) in [6.07, 6.45) is 4.92. The lowest BCUT2D eigenvalue weighted by atomic mass is 10.2. The smallest absolute Gasteiger partial charge is 0.225 e. The van der Waals surface area contributed by atoms with Crippen LogP contribution in [0.3, 0.4) is 0 Å². The molecular formula is C15H23N5O2. The first kappa shape index (κ1) is 15.2. The monoisotopic (exact) mass is 305 g/mol. The molecule has 1 aromatic heterocycles. The Morgan fingerprint density at radius 1 is 1.27 bits per heavy atom. The van der Waals surface area contributed by atoms with Gasteiger partial charge in [-0.1, -0.05) is 0 Å². The molecule has 3 heterocycles. The van der Waals surface area contributed by atoms with Crippen LogP contribution in [0.1, 0.15) is 12.8 Å². The zero-order chi connectivity index (χ0) is 15.2. The van der Waals surface area contributed by atoms with Crippen LogP contribution in [0.4, 0.5) is 5.95 Å². The van der Waals surface area contributed by atoms with Crippen molar-refractivity contribution >= 4 is 11.9 Å². The largest absolute Gasteiger partial charge is 0.375 e. The first-order valence-electron chi connectivity index (χ1n) is 7.95. The zero-order valence-electron chi connectivity index (χ0n) is 12.8. The van der Waals surface area contributed by atoms with Crippen molar-refractivity contribution in [2.45, 2.75) is 18.9 Å². The van der Waals surface area contributed by atoms with Gasteiger partial charge in [0.05, 0.1) is 19.1 Å². The van der Waals surface area contributed by atoms with E-state index < -0.39 is 0 Å². The van der Waals surface area contributed by atoms with Gasteiger partial charge in [0.2, 0.25) is 11.9 Å². The number of hydrogen-bond donors (Lipinski definition) is 1. The van der Waals surface area contributed by atoms with Crippen LogP contribution in [0.5, 0.6) is 0 Å². The molecule has 2 aliphatic rings. The number of carbonyl (C=O) groups excluding carboxylic acids is 1. The summed E-state index contributed by atoms with van der Waals surface area (Å²) in [4.78, 5) is 25.1. The molecule has 1 amide bonds. The van der Waals surface area contributed by atoms with Crippen LogP contribution in [0, 0.1) is 0 Å². The van der Waals surface area contributed by atoms with Gasteiger partial charge in [-0.05, 0) is 12.5 Å². The highest BCUT2D eigenvalue weighted by Gasteiger charge is 2.24. The average Bonchev–Trinajstić information content (AvgIpc) is 2.83. The number of ether oxygens (including phenoxy) is 1. The third-order valence-electron chi connectivity index (χ3n) is 4.09. The molecule has 0 aromatic carbocycles. The number of nitrogens with one attached hydrogen (secondary N) is 1. The second-order valence-electron chi connectivity index (χ2n) is 5.67. The van der Waals surface area contributed by atoms with E-state index in [1.807, 2.05) is 11.0 Å². The molecule has 2 fully saturated rings. The van der Waals surface area contributed by atoms with Gasteiger partial charge in [-0.15, -0.1) is 0 Å². The highest BCUT2D eigenvalue weighted by Crippen LogP contribution is 2.12. The van der Waals surface area contributed by atoms with Crippen LogP contribution < -0.4 is 10.2 Å². The Hall–Kier alpha value is -1.73. The van der Waals surface area contributed by atoms with E-state index >= 15 is 0 Å². The molecule has 120 valence electrons. The predicted molar refractivity (Wildman–Crippen MR) is 82.7 cm³/mol. The Morgan fingerprint density at radius 3 is 2.91 bits per heavy atom. The molecule has 0 bridgehead atoms. The fourth-order valence-corrected chi connectivity index (χ4v) is 2.90. The van der Waals surface area contributed by atoms with Gasteiger partial charge in [-0.25, -0.2) is 9.97 Å². The normalized spacial score (nSPS) is 23.2. The molecule has 7 nitrogen and oxygen atoms in total. The van der Waals surface area contributed by atoms with Crippen molar-refractivity contribution < 1.29 is 9.53 Å². The summed E-state index contributed by atoms with van der Waals surface area (Å²) in [6, 6.07) is 1.81. The van der Waals surface area contributed by atoms with Gasteiger partial charge in [-0.3, -0.25) is 4.79 Å². The topological polar surface area (TPSA) is 70.6 Å². The van der Waals surface area contributed by atoms with Gasteiger partial charge in [0.1, 0.15) is 0 Å². The first-order chi connectivity index (χ1) is 10.8. The fraction of sp³-hybridized carbons (Fsp3) is 0.667. The lowest BCUT2D eigenvalue weighted by Crippen LogP contribution is -2.43. The summed E-state index contributed by atoms with van der Waals surface area (Å²) in [6.45, 7) is 5.51. The molecule has 3 rings (SSSR count). The zero-order valence-corrected chi connectivity index (χ0v) is 12.8. The molecule has 0 spiro atoms. The van der Waals surface area contributed by atoms with Gasteiger partial charge in [0.25, 0.3) is 0 Å². The van der Waals surface area contributed by atoms with Gasteiger partial charge >= 0.3 is 0 Å². The lowest BCUT2D eigenvalue weighted by Gasteiger charge is -2.27. The van der Waals surface area contributed by atoms with E-state index in [1.165, 1.54) is 0 Å². The number of morpholine rings is 1. The molecule has 1 atom stereocenters. The van der Waals surface area contributed by atoms with E-state index in [-0.39, 0.29) is 12.0 Å². The van der Waals surface area contributed by atoms with E-state index in [4.69, 9.17) is 4.74 Å². The SMILES string of the molecule is O=C(CC1CNCCO1)N1CCCN(c2ncccn2)CC1. The minimum absolute atomic E-state index is 0.0121. The average molecular weight is 305 g/mol. The minimum Gasteiger partial charge on any atom is -0.375 e. The Balaban J connectivity index is 1.52. The Bertz CT molecular complexity index is 478. The third-order valence-corrected chi connectivity index (χ3v) is 4.09. The number of rotatable bonds is 3. The standard InChI is InChI=1S/C15H23N5O2/c21-14(11-13-12-16-5-10-22-13)19-6-2-7-20(9-8-19)15-17-3-1-4-18-15/h1,3-4,13,16H,2,5-12H2. The Morgan fingerprint density at radius 2 is 2.14 bits per heavy atom. The summed E-state index contributed by atoms with van der Waals surface area (Å²) >= 11 is 0. The van der Waals surface area contributed by atoms with Gasteiger partial charge in [-0.2, -0.15) is 0 Å². The van der Waals surface area contributed by atoms with Crippen LogP contribution in [0.15, 0.2) is 18.5 Å². The summed E-state index contributed by atoms with van der Waals surface area (Å²) < 4.78 is 5.62. The van der Waals surface area contributed by atoms with E-state index in [2.05, 4.69) is 20.2 Å². The van der Waals surface area contributed by atoms with Gasteiger partial charge in [0.15, 0.2) is 0 Å². The maximum Gasteiger partial charge on any atom is 0.225 e. The molecule has 1 N–H and O–H groups in total. The highest BCUT2D eigenvalue weighted by atomic mass is 16.5. The number of carbonyl (C=O) groups is 1. The summed E-state index contributed by atoms with van der Waals surface area (Å²) in [5.41, 5.74) is 0. The predicted octanol–water partition coefficient (Wildman–Crippen LogP) is -0.106. The number of amides is 1. The second-order valence-corrected chi connectivity index (χ2v) is 5.67. The van der Waals surface area contributed by atoms with Crippen molar-refractivity contribution in [3.8, 4) is 0 Å². The van der Waals surface area contributed by atoms with E-state index in [0.29, 0.717) is 13.0 Å². The molecule has 1 aromatic rings. The molecule has 22 heavy (non-hydrogen) atoms. The highest BCUT2D eigenvalue weighted by molar-refractivity contribution is 5.76. The molecule has 2 saturated heterocycles. The Labute approximate surface area is 130 Å². The first-order valence-corrected chi connectivity index (χ1v) is 7.95. The van der Waals surface area contributed by atoms with Crippen molar-refractivity contribution in [1.82, 2.24) is 20.2 Å². The lowest BCUT2D eigenvalue weighted by molar-refractivity contribution is -0.134. The molecule has 0 aliphatic carbocycles. The molecule has 0 saturated carbocycles. The van der Waals surface area contributed by atoms with E-state index in [9.17, 15) is 4.79 Å². The van der Waals surface area contributed by atoms with E-state index in [1.54, 1.807) is 12.4 Å². The minimum atomic E-state index is 0.0121. The number of aromatic nitrogens is 2. The summed E-state index contributed by atoms with van der Waals surface area (Å²) in [5.74, 6) is 0.932. The number of nitrogens with zero attached hydrogens (tertiary/aromatic N) is 4. The summed E-state index contributed by atoms with van der Waals surface area (Å²) in [7, 11) is 0. The maximum absolute atomic E-state index is 12.4. The molecular weight excluding hydrogens is 282 g/mol. The van der Waals surface area contributed by atoms with E-state index in [0.717, 1.165) is 51.6 Å². The third kappa shape index (κ3) is 3.92. The summed E-state index contributed by atoms with van der Waals surface area (Å²) in [5, 5.41) is 3.26. The van der Waals surface area contributed by atoms with Crippen molar-refractivity contribution in [2.75, 3.05) is 50.8 Å². The van der Waals surface area contributed by atoms with Crippen LogP contribution in [-0.4, -0.2) is 72.8 Å². The van der Waals surface area contributed by atoms with Crippen molar-refractivity contribution in [2.24, 2.45) is 0 Å². The van der Waals surface area contributed by atoms with Crippen LogP contribution in [0.25, 0.3) is 0 Å². The fourth-order valence-electron chi connectivity index (χ4n) is 2.90. The molecule has 0 radical (unpaired) electrons. The maximum atomic E-state index is 12.4. The second kappa shape index (κ2) is 7.51. The van der Waals surface area contributed by atoms with Crippen molar-refractivity contribution in [3.63, 3.8) is 0 Å². The molecule has 1 unspecified atom stereocenters. The number of anilines is 1. The van der Waals surface area contributed by atoms with Crippen LogP contribution >= 0.6 is 0 Å². The van der Waals surface area contributed by atoms with Crippen LogP contribution in [-0.2, 0) is 9.53 Å². The number of hydrogen-bond acceptors (Lipinski definition) is 6. The van der Waals surface area contributed by atoms with Crippen LogP contribution in [0.2, 0.25) is 0 Å². The van der Waals surface area contributed by atoms with Gasteiger partial charge < -0.3 is 19.9 Å². The van der Waals surface area contributed by atoms with Crippen molar-refractivity contribution in [3.05, 3.63) is 18.5 Å². The van der Waals surface area contributed by atoms with Gasteiger partial charge in [0, 0.05) is 51.7 Å². The molecule has 7 heteroatoms. The molecule has 2 aliphatic heterocycles. The van der Waals surface area contributed by atoms with Crippen molar-refractivity contribution in [1.29, 1.82) is 0 Å².